The Bertz CT molecular complexity index is 2530. The highest BCUT2D eigenvalue weighted by Gasteiger charge is 2.19. The quantitative estimate of drug-likeness (QED) is 0.178. The third kappa shape index (κ3) is 4.72. The van der Waals surface area contributed by atoms with Crippen LogP contribution >= 0.6 is 0 Å². The van der Waals surface area contributed by atoms with E-state index < -0.39 is 0 Å². The summed E-state index contributed by atoms with van der Waals surface area (Å²) < 4.78 is 0. The molecule has 1 nitrogen and oxygen atoms in total. The number of benzene rings is 9. The maximum Gasteiger partial charge on any atom is 0.0546 e. The summed E-state index contributed by atoms with van der Waals surface area (Å²) in [5.74, 6) is 0. The predicted octanol–water partition coefficient (Wildman–Crippen LogP) is 13.1. The van der Waals surface area contributed by atoms with Crippen LogP contribution in [0.25, 0.3) is 65.3 Å². The van der Waals surface area contributed by atoms with Crippen LogP contribution in [0.3, 0.4) is 0 Å². The second kappa shape index (κ2) is 11.3. The minimum Gasteiger partial charge on any atom is -0.310 e. The van der Waals surface area contributed by atoms with E-state index in [0.717, 1.165) is 17.1 Å². The molecule has 0 fully saturated rings. The molecule has 9 aromatic carbocycles. The molecule has 220 valence electrons. The van der Waals surface area contributed by atoms with Crippen LogP contribution in [0, 0.1) is 0 Å². The number of nitrogens with zero attached hydrogens (tertiary/aromatic N) is 1. The third-order valence-electron chi connectivity index (χ3n) is 9.39. The van der Waals surface area contributed by atoms with Crippen molar-refractivity contribution in [2.45, 2.75) is 0 Å². The third-order valence-corrected chi connectivity index (χ3v) is 9.39. The summed E-state index contributed by atoms with van der Waals surface area (Å²) in [5.41, 5.74) is 8.25. The normalized spacial score (nSPS) is 11.4. The van der Waals surface area contributed by atoms with Crippen molar-refractivity contribution >= 4 is 60.2 Å². The van der Waals surface area contributed by atoms with Gasteiger partial charge in [0.25, 0.3) is 0 Å². The fourth-order valence-corrected chi connectivity index (χ4v) is 7.18. The van der Waals surface area contributed by atoms with E-state index >= 15 is 0 Å². The van der Waals surface area contributed by atoms with E-state index in [9.17, 15) is 0 Å². The lowest BCUT2D eigenvalue weighted by molar-refractivity contribution is 1.30. The van der Waals surface area contributed by atoms with E-state index in [1.54, 1.807) is 0 Å². The van der Waals surface area contributed by atoms with Crippen LogP contribution in [0.2, 0.25) is 0 Å². The molecule has 0 radical (unpaired) electrons. The monoisotopic (exact) mass is 597 g/mol. The Hall–Kier alpha value is -6.18. The van der Waals surface area contributed by atoms with Crippen molar-refractivity contribution in [3.05, 3.63) is 188 Å². The molecule has 9 aromatic rings. The van der Waals surface area contributed by atoms with Crippen molar-refractivity contribution in [3.8, 4) is 22.3 Å². The van der Waals surface area contributed by atoms with Gasteiger partial charge in [0.15, 0.2) is 0 Å². The van der Waals surface area contributed by atoms with Crippen molar-refractivity contribution in [2.75, 3.05) is 4.90 Å². The van der Waals surface area contributed by atoms with Crippen molar-refractivity contribution in [1.29, 1.82) is 0 Å². The van der Waals surface area contributed by atoms with Gasteiger partial charge in [-0.2, -0.15) is 0 Å². The van der Waals surface area contributed by atoms with Crippen LogP contribution in [-0.2, 0) is 0 Å². The lowest BCUT2D eigenvalue weighted by atomic mass is 9.89. The molecule has 0 aromatic heterocycles. The number of hydrogen-bond acceptors (Lipinski definition) is 1. The molecule has 0 unspecified atom stereocenters. The van der Waals surface area contributed by atoms with Gasteiger partial charge in [0, 0.05) is 16.8 Å². The van der Waals surface area contributed by atoms with E-state index in [2.05, 4.69) is 193 Å². The average Bonchev–Trinajstić information content (AvgIpc) is 3.15. The van der Waals surface area contributed by atoms with E-state index in [4.69, 9.17) is 0 Å². The van der Waals surface area contributed by atoms with Crippen LogP contribution in [0.1, 0.15) is 0 Å². The van der Waals surface area contributed by atoms with Gasteiger partial charge in [-0.3, -0.25) is 0 Å². The molecule has 0 bridgehead atoms. The molecule has 0 amide bonds. The number of hydrogen-bond donors (Lipinski definition) is 0. The Kier molecular flexibility index (Phi) is 6.54. The van der Waals surface area contributed by atoms with Gasteiger partial charge >= 0.3 is 0 Å². The minimum atomic E-state index is 1.12. The zero-order valence-corrected chi connectivity index (χ0v) is 25.8. The van der Waals surface area contributed by atoms with Gasteiger partial charge < -0.3 is 4.90 Å². The molecule has 0 aliphatic rings. The molecule has 47 heavy (non-hydrogen) atoms. The lowest BCUT2D eigenvalue weighted by Crippen LogP contribution is -2.10. The number of fused-ring (bicyclic) bond motifs is 6. The first-order valence-corrected chi connectivity index (χ1v) is 16.2. The van der Waals surface area contributed by atoms with Crippen LogP contribution in [0.5, 0.6) is 0 Å². The SMILES string of the molecule is c1ccc(-c2ccc(N(c3ccccc3)c3cc(-c4cc5ccccc5c5c4ccc4ccccc45)cc4ccccc34)cc2)cc1. The molecule has 0 aliphatic heterocycles. The maximum absolute atomic E-state index is 2.40. The zero-order chi connectivity index (χ0) is 31.2. The Labute approximate surface area is 274 Å². The lowest BCUT2D eigenvalue weighted by Gasteiger charge is -2.28. The summed E-state index contributed by atoms with van der Waals surface area (Å²) >= 11 is 0. The van der Waals surface area contributed by atoms with Gasteiger partial charge in [0.05, 0.1) is 5.69 Å². The fourth-order valence-electron chi connectivity index (χ4n) is 7.18. The zero-order valence-electron chi connectivity index (χ0n) is 25.8. The standard InChI is InChI=1S/C46H31N/c1-3-13-32(14-4-1)33-23-26-39(27-24-33)47(38-18-5-2-6-19-38)45-31-37(29-35-16-8-10-20-40(35)45)44-30-36-17-9-12-22-42(36)46-41-21-11-7-15-34(41)25-28-43(44)46/h1-31H. The highest BCUT2D eigenvalue weighted by molar-refractivity contribution is 6.24. The number of rotatable bonds is 5. The molecule has 0 N–H and O–H groups in total. The second-order valence-electron chi connectivity index (χ2n) is 12.2. The average molecular weight is 598 g/mol. The molecule has 1 heteroatoms. The van der Waals surface area contributed by atoms with Crippen LogP contribution in [0.4, 0.5) is 17.1 Å². The topological polar surface area (TPSA) is 3.24 Å². The summed E-state index contributed by atoms with van der Waals surface area (Å²) in [6.45, 7) is 0. The molecule has 0 heterocycles. The number of anilines is 3. The van der Waals surface area contributed by atoms with E-state index in [1.165, 1.54) is 65.3 Å². The molecule has 0 spiro atoms. The molecule has 0 saturated carbocycles. The summed E-state index contributed by atoms with van der Waals surface area (Å²) in [5, 5.41) is 10.1. The van der Waals surface area contributed by atoms with Gasteiger partial charge in [0.1, 0.15) is 0 Å². The Balaban J connectivity index is 1.31. The predicted molar refractivity (Wildman–Crippen MR) is 202 cm³/mol. The van der Waals surface area contributed by atoms with Crippen molar-refractivity contribution in [3.63, 3.8) is 0 Å². The van der Waals surface area contributed by atoms with Crippen molar-refractivity contribution in [1.82, 2.24) is 0 Å². The highest BCUT2D eigenvalue weighted by atomic mass is 15.1. The van der Waals surface area contributed by atoms with Crippen LogP contribution in [-0.4, -0.2) is 0 Å². The Morgan fingerprint density at radius 2 is 0.830 bits per heavy atom. The second-order valence-corrected chi connectivity index (χ2v) is 12.2. The summed E-state index contributed by atoms with van der Waals surface area (Å²) in [4.78, 5) is 2.40. The first-order valence-electron chi connectivity index (χ1n) is 16.2. The largest absolute Gasteiger partial charge is 0.310 e. The molecule has 9 rings (SSSR count). The minimum absolute atomic E-state index is 1.12. The first-order chi connectivity index (χ1) is 23.3. The van der Waals surface area contributed by atoms with Gasteiger partial charge in [-0.15, -0.1) is 0 Å². The van der Waals surface area contributed by atoms with Gasteiger partial charge in [-0.25, -0.2) is 0 Å². The van der Waals surface area contributed by atoms with Crippen molar-refractivity contribution < 1.29 is 0 Å². The Morgan fingerprint density at radius 3 is 1.55 bits per heavy atom. The van der Waals surface area contributed by atoms with Gasteiger partial charge in [0.2, 0.25) is 0 Å². The highest BCUT2D eigenvalue weighted by Crippen LogP contribution is 2.45. The van der Waals surface area contributed by atoms with E-state index in [1.807, 2.05) is 0 Å². The molecule has 0 aliphatic carbocycles. The van der Waals surface area contributed by atoms with Crippen molar-refractivity contribution in [2.24, 2.45) is 0 Å². The first kappa shape index (κ1) is 27.2. The van der Waals surface area contributed by atoms with E-state index in [-0.39, 0.29) is 0 Å². The summed E-state index contributed by atoms with van der Waals surface area (Å²) in [6, 6.07) is 68.3. The van der Waals surface area contributed by atoms with E-state index in [0.29, 0.717) is 0 Å². The fraction of sp³-hybridized carbons (Fsp3) is 0. The smallest absolute Gasteiger partial charge is 0.0546 e. The maximum atomic E-state index is 2.40. The molecular weight excluding hydrogens is 567 g/mol. The summed E-state index contributed by atoms with van der Waals surface area (Å²) in [7, 11) is 0. The molecule has 0 atom stereocenters. The molecule has 0 saturated heterocycles. The summed E-state index contributed by atoms with van der Waals surface area (Å²) in [6.07, 6.45) is 0. The van der Waals surface area contributed by atoms with Gasteiger partial charge in [-0.05, 0) is 102 Å². The Morgan fingerprint density at radius 1 is 0.298 bits per heavy atom. The van der Waals surface area contributed by atoms with Crippen LogP contribution < -0.4 is 4.90 Å². The number of para-hydroxylation sites is 1. The molecular formula is C46H31N. The van der Waals surface area contributed by atoms with Crippen LogP contribution in [0.15, 0.2) is 188 Å². The van der Waals surface area contributed by atoms with Gasteiger partial charge in [-0.1, -0.05) is 146 Å².